The van der Waals surface area contributed by atoms with E-state index in [1.165, 1.54) is 0 Å². The van der Waals surface area contributed by atoms with Crippen molar-refractivity contribution in [3.05, 3.63) is 71.8 Å². The van der Waals surface area contributed by atoms with Crippen LogP contribution in [0.2, 0.25) is 0 Å². The molecule has 0 aliphatic rings. The summed E-state index contributed by atoms with van der Waals surface area (Å²) < 4.78 is 0. The second kappa shape index (κ2) is 19.1. The van der Waals surface area contributed by atoms with Gasteiger partial charge in [0, 0.05) is 12.8 Å². The Hall–Kier alpha value is -4.29. The van der Waals surface area contributed by atoms with Gasteiger partial charge in [0.2, 0.25) is 23.6 Å². The highest BCUT2D eigenvalue weighted by molar-refractivity contribution is 5.95. The minimum absolute atomic E-state index is 0.105. The zero-order valence-corrected chi connectivity index (χ0v) is 25.5. The Morgan fingerprint density at radius 3 is 1.77 bits per heavy atom. The van der Waals surface area contributed by atoms with Crippen molar-refractivity contribution in [3.63, 3.8) is 0 Å². The summed E-state index contributed by atoms with van der Waals surface area (Å²) in [4.78, 5) is 64.2. The molecule has 0 saturated heterocycles. The number of nitrogens with one attached hydrogen (secondary N) is 4. The Balaban J connectivity index is 2.26. The largest absolute Gasteiger partial charge is 0.480 e. The molecular weight excluding hydrogens is 564 g/mol. The number of carbonyl (C=O) groups is 5. The first-order chi connectivity index (χ1) is 21.0. The van der Waals surface area contributed by atoms with Crippen molar-refractivity contribution in [2.24, 2.45) is 17.4 Å². The number of unbranched alkanes of at least 4 members (excludes halogenated alkanes) is 1. The van der Waals surface area contributed by atoms with Crippen LogP contribution < -0.4 is 32.7 Å². The van der Waals surface area contributed by atoms with Gasteiger partial charge in [0.25, 0.3) is 0 Å². The maximum Gasteiger partial charge on any atom is 0.322 e. The third kappa shape index (κ3) is 12.5. The molecule has 9 N–H and O–H groups in total. The van der Waals surface area contributed by atoms with Crippen LogP contribution in [-0.2, 0) is 36.8 Å². The van der Waals surface area contributed by atoms with Gasteiger partial charge in [-0.2, -0.15) is 0 Å². The Morgan fingerprint density at radius 2 is 1.27 bits per heavy atom. The number of hydrogen-bond donors (Lipinski definition) is 7. The molecular formula is C32H46N6O6. The van der Waals surface area contributed by atoms with Gasteiger partial charge in [-0.15, -0.1) is 0 Å². The summed E-state index contributed by atoms with van der Waals surface area (Å²) in [5.74, 6) is -3.91. The molecule has 0 spiro atoms. The highest BCUT2D eigenvalue weighted by Crippen LogP contribution is 2.12. The van der Waals surface area contributed by atoms with Gasteiger partial charge >= 0.3 is 5.97 Å². The van der Waals surface area contributed by atoms with Crippen molar-refractivity contribution in [1.82, 2.24) is 21.3 Å². The van der Waals surface area contributed by atoms with E-state index in [-0.39, 0.29) is 18.8 Å². The first-order valence-electron chi connectivity index (χ1n) is 15.0. The van der Waals surface area contributed by atoms with Crippen LogP contribution in [0.25, 0.3) is 0 Å². The van der Waals surface area contributed by atoms with Crippen molar-refractivity contribution in [1.29, 1.82) is 0 Å². The fourth-order valence-electron chi connectivity index (χ4n) is 4.54. The lowest BCUT2D eigenvalue weighted by Crippen LogP contribution is -2.60. The number of hydrogen-bond acceptors (Lipinski definition) is 7. The first kappa shape index (κ1) is 35.9. The standard InChI is InChI=1S/C32H46N6O6/c1-3-21(2)28(32(44)37-25(30(42)35-20-27(39)40)18-22-12-6-4-7-13-22)38-31(43)26(19-23-14-8-5-9-15-23)36-29(41)24(34)16-10-11-17-33/h4-9,12-15,21,24-26,28H,3,10-11,16-20,33-34H2,1-2H3,(H,35,42)(H,36,41)(H,37,44)(H,38,43)(H,39,40)/t21-,24-,25-,26-,28-/m0/s1. The molecule has 2 aromatic rings. The second-order valence-electron chi connectivity index (χ2n) is 10.9. The number of nitrogens with two attached hydrogens (primary N) is 2. The number of rotatable bonds is 19. The topological polar surface area (TPSA) is 206 Å². The van der Waals surface area contributed by atoms with Gasteiger partial charge < -0.3 is 37.8 Å². The highest BCUT2D eigenvalue weighted by Gasteiger charge is 2.33. The molecule has 4 amide bonds. The molecule has 2 rings (SSSR count). The molecule has 12 nitrogen and oxygen atoms in total. The maximum absolute atomic E-state index is 13.7. The lowest BCUT2D eigenvalue weighted by Gasteiger charge is -2.29. The molecule has 0 unspecified atom stereocenters. The Morgan fingerprint density at radius 1 is 0.750 bits per heavy atom. The van der Waals surface area contributed by atoms with E-state index in [1.807, 2.05) is 43.3 Å². The smallest absolute Gasteiger partial charge is 0.322 e. The minimum atomic E-state index is -1.22. The molecule has 0 aromatic heterocycles. The van der Waals surface area contributed by atoms with Crippen molar-refractivity contribution in [3.8, 4) is 0 Å². The van der Waals surface area contributed by atoms with Crippen LogP contribution in [0.4, 0.5) is 0 Å². The molecule has 44 heavy (non-hydrogen) atoms. The van der Waals surface area contributed by atoms with Gasteiger partial charge in [-0.25, -0.2) is 0 Å². The fraction of sp³-hybridized carbons (Fsp3) is 0.469. The van der Waals surface area contributed by atoms with Crippen LogP contribution in [0, 0.1) is 5.92 Å². The van der Waals surface area contributed by atoms with Crippen molar-refractivity contribution in [2.75, 3.05) is 13.1 Å². The minimum Gasteiger partial charge on any atom is -0.480 e. The number of aliphatic carboxylic acids is 1. The molecule has 5 atom stereocenters. The molecule has 0 bridgehead atoms. The fourth-order valence-corrected chi connectivity index (χ4v) is 4.54. The van der Waals surface area contributed by atoms with Crippen LogP contribution in [0.3, 0.4) is 0 Å². The molecule has 0 radical (unpaired) electrons. The number of amides is 4. The number of carboxylic acids is 1. The van der Waals surface area contributed by atoms with Crippen molar-refractivity contribution < 1.29 is 29.1 Å². The summed E-state index contributed by atoms with van der Waals surface area (Å²) in [6.45, 7) is 3.53. The molecule has 0 aliphatic heterocycles. The van der Waals surface area contributed by atoms with E-state index >= 15 is 0 Å². The zero-order chi connectivity index (χ0) is 32.5. The second-order valence-corrected chi connectivity index (χ2v) is 10.9. The Kier molecular flexibility index (Phi) is 15.6. The van der Waals surface area contributed by atoms with E-state index in [0.717, 1.165) is 17.5 Å². The quantitative estimate of drug-likeness (QED) is 0.112. The molecule has 0 heterocycles. The van der Waals surface area contributed by atoms with E-state index in [4.69, 9.17) is 16.6 Å². The van der Waals surface area contributed by atoms with Crippen LogP contribution >= 0.6 is 0 Å². The Labute approximate surface area is 258 Å². The molecule has 2 aromatic carbocycles. The predicted molar refractivity (Wildman–Crippen MR) is 167 cm³/mol. The number of carboxylic acid groups (broad SMARTS) is 1. The van der Waals surface area contributed by atoms with Gasteiger partial charge in [0.05, 0.1) is 6.04 Å². The van der Waals surface area contributed by atoms with Gasteiger partial charge in [0.15, 0.2) is 0 Å². The van der Waals surface area contributed by atoms with Crippen molar-refractivity contribution in [2.45, 2.75) is 76.5 Å². The van der Waals surface area contributed by atoms with Gasteiger partial charge in [0.1, 0.15) is 24.7 Å². The Bertz CT molecular complexity index is 1210. The number of benzene rings is 2. The summed E-state index contributed by atoms with van der Waals surface area (Å²) >= 11 is 0. The monoisotopic (exact) mass is 610 g/mol. The van der Waals surface area contributed by atoms with Gasteiger partial charge in [-0.05, 0) is 36.4 Å². The third-order valence-corrected chi connectivity index (χ3v) is 7.34. The zero-order valence-electron chi connectivity index (χ0n) is 25.5. The number of carbonyl (C=O) groups excluding carboxylic acids is 4. The maximum atomic E-state index is 13.7. The van der Waals surface area contributed by atoms with E-state index in [1.54, 1.807) is 31.2 Å². The molecule has 0 saturated carbocycles. The van der Waals surface area contributed by atoms with Crippen LogP contribution in [0.1, 0.15) is 50.7 Å². The van der Waals surface area contributed by atoms with E-state index < -0.39 is 60.3 Å². The molecule has 0 aliphatic carbocycles. The summed E-state index contributed by atoms with van der Waals surface area (Å²) in [5, 5.41) is 19.6. The van der Waals surface area contributed by atoms with E-state index in [2.05, 4.69) is 21.3 Å². The summed E-state index contributed by atoms with van der Waals surface area (Å²) in [6, 6.07) is 14.1. The predicted octanol–water partition coefficient (Wildman–Crippen LogP) is 0.629. The first-order valence-corrected chi connectivity index (χ1v) is 15.0. The average Bonchev–Trinajstić information content (AvgIpc) is 3.02. The highest BCUT2D eigenvalue weighted by atomic mass is 16.4. The van der Waals surface area contributed by atoms with Crippen molar-refractivity contribution >= 4 is 29.6 Å². The van der Waals surface area contributed by atoms with Crippen LogP contribution in [0.15, 0.2) is 60.7 Å². The molecule has 240 valence electrons. The summed E-state index contributed by atoms with van der Waals surface area (Å²) in [7, 11) is 0. The third-order valence-electron chi connectivity index (χ3n) is 7.34. The lowest BCUT2D eigenvalue weighted by molar-refractivity contribution is -0.138. The SMILES string of the molecule is CC[C@H](C)[C@H](NC(=O)[C@H](Cc1ccccc1)NC(=O)[C@@H](N)CCCCN)C(=O)N[C@@H](Cc1ccccc1)C(=O)NCC(=O)O. The molecule has 12 heteroatoms. The average molecular weight is 611 g/mol. The van der Waals surface area contributed by atoms with Crippen LogP contribution in [-0.4, -0.2) is 72.0 Å². The van der Waals surface area contributed by atoms with Gasteiger partial charge in [-0.3, -0.25) is 24.0 Å². The molecule has 0 fully saturated rings. The van der Waals surface area contributed by atoms with Gasteiger partial charge in [-0.1, -0.05) is 87.4 Å². The van der Waals surface area contributed by atoms with E-state index in [0.29, 0.717) is 25.8 Å². The summed E-state index contributed by atoms with van der Waals surface area (Å²) in [6.07, 6.45) is 2.59. The lowest BCUT2D eigenvalue weighted by atomic mass is 9.96. The summed E-state index contributed by atoms with van der Waals surface area (Å²) in [5.41, 5.74) is 13.2. The van der Waals surface area contributed by atoms with E-state index in [9.17, 15) is 24.0 Å². The normalized spacial score (nSPS) is 14.3. The van der Waals surface area contributed by atoms with Crippen LogP contribution in [0.5, 0.6) is 0 Å².